The van der Waals surface area contributed by atoms with Crippen LogP contribution in [0.5, 0.6) is 0 Å². The molecule has 2 aromatic rings. The fourth-order valence-electron chi connectivity index (χ4n) is 2.37. The summed E-state index contributed by atoms with van der Waals surface area (Å²) in [5, 5.41) is 1.30. The van der Waals surface area contributed by atoms with Gasteiger partial charge in [-0.05, 0) is 30.5 Å². The molecular weight excluding hydrogens is 404 g/mol. The van der Waals surface area contributed by atoms with Crippen LogP contribution in [0, 0.1) is 0 Å². The Bertz CT molecular complexity index is 673. The SMILES string of the molecule is CCc1ncnc(N(OC(F)F)C(CC)c2ccc(Br)cc2)c1Cl. The molecule has 1 aromatic heterocycles. The zero-order valence-electron chi connectivity index (χ0n) is 13.2. The number of aromatic nitrogens is 2. The molecule has 0 N–H and O–H groups in total. The highest BCUT2D eigenvalue weighted by molar-refractivity contribution is 9.10. The fraction of sp³-hybridized carbons (Fsp3) is 0.375. The van der Waals surface area contributed by atoms with E-state index >= 15 is 0 Å². The number of alkyl halides is 2. The number of rotatable bonds is 7. The number of anilines is 1. The number of halogens is 4. The van der Waals surface area contributed by atoms with Crippen molar-refractivity contribution in [3.63, 3.8) is 0 Å². The molecule has 0 saturated carbocycles. The minimum atomic E-state index is -2.99. The average Bonchev–Trinajstić information content (AvgIpc) is 2.56. The van der Waals surface area contributed by atoms with E-state index in [4.69, 9.17) is 16.4 Å². The van der Waals surface area contributed by atoms with Gasteiger partial charge in [-0.3, -0.25) is 0 Å². The molecule has 1 aromatic carbocycles. The average molecular weight is 421 g/mol. The monoisotopic (exact) mass is 419 g/mol. The van der Waals surface area contributed by atoms with Gasteiger partial charge in [-0.1, -0.05) is 53.5 Å². The van der Waals surface area contributed by atoms with Crippen molar-refractivity contribution in [2.75, 3.05) is 5.06 Å². The third-order valence-corrected chi connectivity index (χ3v) is 4.42. The maximum Gasteiger partial charge on any atom is 0.365 e. The third kappa shape index (κ3) is 4.40. The van der Waals surface area contributed by atoms with Gasteiger partial charge < -0.3 is 0 Å². The van der Waals surface area contributed by atoms with Crippen molar-refractivity contribution in [3.05, 3.63) is 51.3 Å². The summed E-state index contributed by atoms with van der Waals surface area (Å²) in [6.45, 7) is 0.762. The number of hydrogen-bond donors (Lipinski definition) is 0. The molecule has 2 rings (SSSR count). The maximum atomic E-state index is 13.0. The number of aryl methyl sites for hydroxylation is 1. The summed E-state index contributed by atoms with van der Waals surface area (Å²) in [6.07, 6.45) is 2.39. The quantitative estimate of drug-likeness (QED) is 0.549. The minimum absolute atomic E-state index is 0.138. The second-order valence-electron chi connectivity index (χ2n) is 4.98. The highest BCUT2D eigenvalue weighted by Gasteiger charge is 2.27. The van der Waals surface area contributed by atoms with Gasteiger partial charge in [0.1, 0.15) is 11.3 Å². The van der Waals surface area contributed by atoms with Crippen LogP contribution in [0.25, 0.3) is 0 Å². The second kappa shape index (κ2) is 8.69. The van der Waals surface area contributed by atoms with Gasteiger partial charge in [0, 0.05) is 4.47 Å². The Morgan fingerprint density at radius 1 is 1.21 bits per heavy atom. The van der Waals surface area contributed by atoms with Gasteiger partial charge in [-0.15, -0.1) is 0 Å². The van der Waals surface area contributed by atoms with E-state index in [2.05, 4.69) is 25.9 Å². The van der Waals surface area contributed by atoms with Crippen LogP contribution in [0.2, 0.25) is 5.02 Å². The number of hydroxylamine groups is 1. The summed E-state index contributed by atoms with van der Waals surface area (Å²) in [5.41, 5.74) is 1.39. The molecule has 8 heteroatoms. The molecule has 1 heterocycles. The molecule has 1 atom stereocenters. The summed E-state index contributed by atoms with van der Waals surface area (Å²) in [6, 6.07) is 6.91. The second-order valence-corrected chi connectivity index (χ2v) is 6.27. The first-order chi connectivity index (χ1) is 11.5. The third-order valence-electron chi connectivity index (χ3n) is 3.50. The lowest BCUT2D eigenvalue weighted by molar-refractivity contribution is -0.147. The van der Waals surface area contributed by atoms with Gasteiger partial charge >= 0.3 is 6.61 Å². The van der Waals surface area contributed by atoms with Crippen LogP contribution in [0.15, 0.2) is 35.1 Å². The molecule has 24 heavy (non-hydrogen) atoms. The van der Waals surface area contributed by atoms with Gasteiger partial charge in [0.15, 0.2) is 5.82 Å². The molecule has 0 aliphatic carbocycles. The summed E-state index contributed by atoms with van der Waals surface area (Å²) in [5.74, 6) is 0.138. The highest BCUT2D eigenvalue weighted by atomic mass is 79.9. The Morgan fingerprint density at radius 3 is 2.42 bits per heavy atom. The lowest BCUT2D eigenvalue weighted by Gasteiger charge is -2.31. The van der Waals surface area contributed by atoms with Gasteiger partial charge in [-0.2, -0.15) is 8.78 Å². The molecule has 130 valence electrons. The minimum Gasteiger partial charge on any atom is -0.240 e. The van der Waals surface area contributed by atoms with E-state index in [-0.39, 0.29) is 10.8 Å². The fourth-order valence-corrected chi connectivity index (χ4v) is 2.95. The topological polar surface area (TPSA) is 38.2 Å². The van der Waals surface area contributed by atoms with Crippen LogP contribution in [0.3, 0.4) is 0 Å². The van der Waals surface area contributed by atoms with Crippen LogP contribution >= 0.6 is 27.5 Å². The van der Waals surface area contributed by atoms with Gasteiger partial charge in [0.2, 0.25) is 0 Å². The van der Waals surface area contributed by atoms with Crippen molar-refractivity contribution < 1.29 is 13.6 Å². The zero-order valence-corrected chi connectivity index (χ0v) is 15.6. The van der Waals surface area contributed by atoms with Crippen molar-refractivity contribution >= 4 is 33.3 Å². The number of hydrogen-bond acceptors (Lipinski definition) is 4. The lowest BCUT2D eigenvalue weighted by atomic mass is 10.0. The molecular formula is C16H17BrClF2N3O. The summed E-state index contributed by atoms with van der Waals surface area (Å²) >= 11 is 9.66. The van der Waals surface area contributed by atoms with Gasteiger partial charge in [0.05, 0.1) is 11.7 Å². The molecule has 0 fully saturated rings. The van der Waals surface area contributed by atoms with Crippen molar-refractivity contribution in [2.24, 2.45) is 0 Å². The smallest absolute Gasteiger partial charge is 0.240 e. The zero-order chi connectivity index (χ0) is 17.7. The Kier molecular flexibility index (Phi) is 6.89. The first kappa shape index (κ1) is 19.0. The summed E-state index contributed by atoms with van der Waals surface area (Å²) < 4.78 is 26.9. The molecule has 0 spiro atoms. The van der Waals surface area contributed by atoms with E-state index in [1.54, 1.807) is 0 Å². The predicted octanol–water partition coefficient (Wildman–Crippen LogP) is 5.57. The molecule has 0 aliphatic heterocycles. The molecule has 4 nitrogen and oxygen atoms in total. The number of nitrogens with zero attached hydrogens (tertiary/aromatic N) is 3. The van der Waals surface area contributed by atoms with Crippen LogP contribution < -0.4 is 5.06 Å². The molecule has 0 saturated heterocycles. The van der Waals surface area contributed by atoms with Crippen LogP contribution in [0.4, 0.5) is 14.6 Å². The van der Waals surface area contributed by atoms with Crippen molar-refractivity contribution in [3.8, 4) is 0 Å². The normalized spacial score (nSPS) is 12.5. The van der Waals surface area contributed by atoms with Crippen LogP contribution in [-0.2, 0) is 11.3 Å². The van der Waals surface area contributed by atoms with Crippen molar-refractivity contribution in [1.82, 2.24) is 9.97 Å². The Balaban J connectivity index is 2.48. The Hall–Kier alpha value is -1.31. The number of benzene rings is 1. The van der Waals surface area contributed by atoms with E-state index < -0.39 is 12.7 Å². The van der Waals surface area contributed by atoms with E-state index in [1.165, 1.54) is 6.33 Å². The van der Waals surface area contributed by atoms with E-state index in [0.717, 1.165) is 15.1 Å². The molecule has 0 bridgehead atoms. The molecule has 1 unspecified atom stereocenters. The van der Waals surface area contributed by atoms with Gasteiger partial charge in [0.25, 0.3) is 0 Å². The molecule has 0 aliphatic rings. The van der Waals surface area contributed by atoms with Crippen molar-refractivity contribution in [2.45, 2.75) is 39.3 Å². The highest BCUT2D eigenvalue weighted by Crippen LogP contribution is 2.35. The largest absolute Gasteiger partial charge is 0.365 e. The first-order valence-electron chi connectivity index (χ1n) is 7.46. The van der Waals surface area contributed by atoms with Crippen molar-refractivity contribution in [1.29, 1.82) is 0 Å². The van der Waals surface area contributed by atoms with E-state index in [9.17, 15) is 8.78 Å². The van der Waals surface area contributed by atoms with Crippen LogP contribution in [-0.4, -0.2) is 16.6 Å². The molecule has 0 radical (unpaired) electrons. The summed E-state index contributed by atoms with van der Waals surface area (Å²) in [4.78, 5) is 12.9. The standard InChI is InChI=1S/C16H17BrClF2N3O/c1-3-12-14(18)15(22-9-21-12)23(24-16(19)20)13(4-2)10-5-7-11(17)8-6-10/h5-9,13,16H,3-4H2,1-2H3. The molecule has 0 amide bonds. The Labute approximate surface area is 152 Å². The van der Waals surface area contributed by atoms with Crippen LogP contribution in [0.1, 0.15) is 37.6 Å². The Morgan fingerprint density at radius 2 is 1.88 bits per heavy atom. The van der Waals surface area contributed by atoms with E-state index in [0.29, 0.717) is 18.5 Å². The maximum absolute atomic E-state index is 13.0. The lowest BCUT2D eigenvalue weighted by Crippen LogP contribution is -2.32. The summed E-state index contributed by atoms with van der Waals surface area (Å²) in [7, 11) is 0. The van der Waals surface area contributed by atoms with Gasteiger partial charge in [-0.25, -0.2) is 19.9 Å². The van der Waals surface area contributed by atoms with E-state index in [1.807, 2.05) is 38.1 Å². The predicted molar refractivity (Wildman–Crippen MR) is 93.2 cm³/mol. The first-order valence-corrected chi connectivity index (χ1v) is 8.64.